The van der Waals surface area contributed by atoms with Gasteiger partial charge in [-0.25, -0.2) is 0 Å². The normalized spacial score (nSPS) is 50.2. The first-order valence-corrected chi connectivity index (χ1v) is 15.6. The van der Waals surface area contributed by atoms with Crippen molar-refractivity contribution in [2.75, 3.05) is 26.4 Å². The zero-order valence-corrected chi connectivity index (χ0v) is 26.3. The van der Waals surface area contributed by atoms with Gasteiger partial charge in [-0.15, -0.1) is 12.6 Å². The second-order valence-corrected chi connectivity index (χ2v) is 12.4. The first-order valence-electron chi connectivity index (χ1n) is 15.1. The van der Waals surface area contributed by atoms with Gasteiger partial charge in [0.1, 0.15) is 103 Å². The van der Waals surface area contributed by atoms with Crippen LogP contribution < -0.4 is 5.32 Å². The highest BCUT2D eigenvalue weighted by Crippen LogP contribution is 2.34. The van der Waals surface area contributed by atoms with E-state index in [0.717, 1.165) is 6.92 Å². The van der Waals surface area contributed by atoms with E-state index in [9.17, 15) is 66.1 Å². The number of hydrogen-bond donors (Lipinski definition) is 14. The molecule has 4 aliphatic heterocycles. The fourth-order valence-corrected chi connectivity index (χ4v) is 6.27. The molecule has 280 valence electrons. The van der Waals surface area contributed by atoms with Gasteiger partial charge in [-0.3, -0.25) is 4.79 Å². The largest absolute Gasteiger partial charge is 0.394 e. The summed E-state index contributed by atoms with van der Waals surface area (Å²) in [7, 11) is 0. The molecule has 48 heavy (non-hydrogen) atoms. The Balaban J connectivity index is 1.61. The Kier molecular flexibility index (Phi) is 14.2. The third-order valence-electron chi connectivity index (χ3n) is 8.61. The second-order valence-electron chi connectivity index (χ2n) is 11.9. The summed E-state index contributed by atoms with van der Waals surface area (Å²) in [6.07, 6.45) is -30.8. The number of aliphatic hydroxyl groups excluding tert-OH is 12. The lowest BCUT2D eigenvalue weighted by molar-refractivity contribution is -0.374. The van der Waals surface area contributed by atoms with Gasteiger partial charge in [-0.2, -0.15) is 0 Å². The molecule has 0 aromatic rings. The molecule has 0 aliphatic carbocycles. The average molecular weight is 724 g/mol. The summed E-state index contributed by atoms with van der Waals surface area (Å²) in [4.78, 5) is 12.3. The standard InChI is InChI=1S/C26H45NO20S/c1-6(32)27-11-21(46-24-17(38)15(36)12(33)7(2-28)42-24)13(34)8(3-29)41-23(11)47-22-14(35)9(4-30)43-25(19(22)40)45-20-10(5-31)44-26(48)18(39)16(20)37/h7-26,28-31,33-40,48H,2-5H2,1H3,(H,27,32)/t7?,8?,9?,10?,11?,12-,13+,14-,15?,16?,17?,18?,19?,20+,21?,22?,23-,24-,25-,26-/m0/s1. The molecule has 4 heterocycles. The van der Waals surface area contributed by atoms with Crippen molar-refractivity contribution in [2.24, 2.45) is 0 Å². The Morgan fingerprint density at radius 2 is 1.00 bits per heavy atom. The fourth-order valence-electron chi connectivity index (χ4n) is 5.94. The predicted octanol–water partition coefficient (Wildman–Crippen LogP) is -8.67. The molecule has 21 nitrogen and oxygen atoms in total. The van der Waals surface area contributed by atoms with E-state index in [0.29, 0.717) is 0 Å². The Bertz CT molecular complexity index is 1030. The molecular formula is C26H45NO20S. The van der Waals surface area contributed by atoms with Crippen molar-refractivity contribution in [3.63, 3.8) is 0 Å². The maximum atomic E-state index is 12.3. The number of amides is 1. The molecule has 22 heteroatoms. The van der Waals surface area contributed by atoms with Crippen molar-refractivity contribution in [3.8, 4) is 0 Å². The van der Waals surface area contributed by atoms with Gasteiger partial charge in [0, 0.05) is 6.92 Å². The second kappa shape index (κ2) is 17.1. The highest BCUT2D eigenvalue weighted by molar-refractivity contribution is 7.80. The Labute approximate surface area is 278 Å². The van der Waals surface area contributed by atoms with E-state index in [4.69, 9.17) is 33.2 Å². The van der Waals surface area contributed by atoms with Crippen molar-refractivity contribution in [2.45, 2.75) is 129 Å². The Morgan fingerprint density at radius 1 is 0.542 bits per heavy atom. The Hall–Kier alpha value is -0.940. The average Bonchev–Trinajstić information content (AvgIpc) is 3.06. The third kappa shape index (κ3) is 8.24. The van der Waals surface area contributed by atoms with E-state index < -0.39 is 154 Å². The molecule has 13 N–H and O–H groups in total. The number of carbonyl (C=O) groups is 1. The van der Waals surface area contributed by atoms with E-state index in [1.165, 1.54) is 0 Å². The van der Waals surface area contributed by atoms with Crippen LogP contribution in [-0.4, -0.2) is 216 Å². The molecule has 4 fully saturated rings. The van der Waals surface area contributed by atoms with Crippen LogP contribution in [0, 0.1) is 0 Å². The molecule has 0 spiro atoms. The van der Waals surface area contributed by atoms with E-state index in [-0.39, 0.29) is 0 Å². The van der Waals surface area contributed by atoms with E-state index in [2.05, 4.69) is 17.9 Å². The van der Waals surface area contributed by atoms with E-state index >= 15 is 0 Å². The van der Waals surface area contributed by atoms with Gasteiger partial charge in [0.2, 0.25) is 5.91 Å². The van der Waals surface area contributed by atoms with Crippen LogP contribution in [0.25, 0.3) is 0 Å². The molecule has 0 aromatic carbocycles. The van der Waals surface area contributed by atoms with Gasteiger partial charge in [-0.1, -0.05) is 0 Å². The summed E-state index contributed by atoms with van der Waals surface area (Å²) in [5, 5.41) is 127. The minimum absolute atomic E-state index is 0.727. The molecule has 4 rings (SSSR count). The maximum absolute atomic E-state index is 12.3. The van der Waals surface area contributed by atoms with Crippen LogP contribution >= 0.6 is 12.6 Å². The zero-order chi connectivity index (χ0) is 35.6. The molecule has 12 unspecified atom stereocenters. The van der Waals surface area contributed by atoms with Crippen molar-refractivity contribution in [1.29, 1.82) is 0 Å². The summed E-state index contributed by atoms with van der Waals surface area (Å²) in [6, 6.07) is -1.59. The lowest BCUT2D eigenvalue weighted by atomic mass is 9.94. The van der Waals surface area contributed by atoms with Gasteiger partial charge in [0.15, 0.2) is 18.9 Å². The van der Waals surface area contributed by atoms with Crippen LogP contribution in [0.5, 0.6) is 0 Å². The van der Waals surface area contributed by atoms with Crippen molar-refractivity contribution < 1.29 is 99.2 Å². The fraction of sp³-hybridized carbons (Fsp3) is 0.962. The molecule has 0 saturated carbocycles. The van der Waals surface area contributed by atoms with Crippen molar-refractivity contribution in [1.82, 2.24) is 5.32 Å². The monoisotopic (exact) mass is 723 g/mol. The van der Waals surface area contributed by atoms with Crippen molar-refractivity contribution in [3.05, 3.63) is 0 Å². The number of nitrogens with one attached hydrogen (secondary N) is 1. The van der Waals surface area contributed by atoms with Crippen LogP contribution in [0.3, 0.4) is 0 Å². The SMILES string of the molecule is CC(=O)NC1C(O[C@@H]2OC(CO)[C@H](O)C(O)C2O)[C@H](O)C(CO)O[C@H]1OC1C(O)[C@H](O[C@@H]2C(CO)O[C@@H](S)C(O)C2O)OC(CO)[C@@H]1O. The van der Waals surface area contributed by atoms with E-state index in [1.807, 2.05) is 0 Å². The summed E-state index contributed by atoms with van der Waals surface area (Å²) in [6.45, 7) is -2.23. The van der Waals surface area contributed by atoms with Crippen LogP contribution in [0.2, 0.25) is 0 Å². The molecule has 20 atom stereocenters. The van der Waals surface area contributed by atoms with Gasteiger partial charge >= 0.3 is 0 Å². The smallest absolute Gasteiger partial charge is 0.217 e. The Morgan fingerprint density at radius 3 is 1.54 bits per heavy atom. The number of aliphatic hydroxyl groups is 12. The molecule has 0 aromatic heterocycles. The number of carbonyl (C=O) groups excluding carboxylic acids is 1. The van der Waals surface area contributed by atoms with Gasteiger partial charge in [-0.05, 0) is 0 Å². The summed E-state index contributed by atoms with van der Waals surface area (Å²) in [5.41, 5.74) is -1.21. The van der Waals surface area contributed by atoms with E-state index in [1.54, 1.807) is 0 Å². The highest BCUT2D eigenvalue weighted by atomic mass is 32.1. The quantitative estimate of drug-likeness (QED) is 0.0880. The van der Waals surface area contributed by atoms with Gasteiger partial charge in [0.25, 0.3) is 0 Å². The minimum Gasteiger partial charge on any atom is -0.394 e. The molecule has 0 radical (unpaired) electrons. The lowest BCUT2D eigenvalue weighted by Crippen LogP contribution is -2.70. The van der Waals surface area contributed by atoms with Crippen LogP contribution in [0.1, 0.15) is 6.92 Å². The van der Waals surface area contributed by atoms with Gasteiger partial charge in [0.05, 0.1) is 26.4 Å². The van der Waals surface area contributed by atoms with Crippen LogP contribution in [-0.2, 0) is 38.0 Å². The topological polar surface area (TPSA) is 336 Å². The summed E-state index contributed by atoms with van der Waals surface area (Å²) >= 11 is 4.00. The van der Waals surface area contributed by atoms with Gasteiger partial charge < -0.3 is 99.8 Å². The van der Waals surface area contributed by atoms with Crippen LogP contribution in [0.15, 0.2) is 0 Å². The number of rotatable bonds is 11. The first kappa shape index (κ1) is 39.8. The predicted molar refractivity (Wildman–Crippen MR) is 152 cm³/mol. The number of hydrogen-bond acceptors (Lipinski definition) is 21. The first-order chi connectivity index (χ1) is 22.7. The minimum atomic E-state index is -1.99. The third-order valence-corrected chi connectivity index (χ3v) is 9.03. The molecule has 0 bridgehead atoms. The lowest BCUT2D eigenvalue weighted by Gasteiger charge is -2.50. The van der Waals surface area contributed by atoms with Crippen LogP contribution in [0.4, 0.5) is 0 Å². The number of ether oxygens (including phenoxy) is 7. The zero-order valence-electron chi connectivity index (χ0n) is 25.5. The molecule has 1 amide bonds. The molecule has 4 saturated heterocycles. The number of thiol groups is 1. The maximum Gasteiger partial charge on any atom is 0.217 e. The molecular weight excluding hydrogens is 678 g/mol. The highest BCUT2D eigenvalue weighted by Gasteiger charge is 2.55. The molecule has 4 aliphatic rings. The summed E-state index contributed by atoms with van der Waals surface area (Å²) < 4.78 is 39.2. The summed E-state index contributed by atoms with van der Waals surface area (Å²) in [5.74, 6) is -0.751. The van der Waals surface area contributed by atoms with Crippen molar-refractivity contribution >= 4 is 18.5 Å².